The summed E-state index contributed by atoms with van der Waals surface area (Å²) >= 11 is 0. The zero-order valence-corrected chi connectivity index (χ0v) is 11.9. The molecule has 2 heterocycles. The van der Waals surface area contributed by atoms with Gasteiger partial charge in [-0.1, -0.05) is 30.3 Å². The van der Waals surface area contributed by atoms with Crippen LogP contribution in [-0.4, -0.2) is 40.6 Å². The molecule has 5 nitrogen and oxygen atoms in total. The van der Waals surface area contributed by atoms with Gasteiger partial charge in [0.1, 0.15) is 0 Å². The van der Waals surface area contributed by atoms with Crippen LogP contribution in [0.25, 0.3) is 0 Å². The minimum atomic E-state index is -0.774. The number of carbonyl (C=O) groups is 2. The van der Waals surface area contributed by atoms with E-state index in [2.05, 4.69) is 5.32 Å². The summed E-state index contributed by atoms with van der Waals surface area (Å²) in [6.07, 6.45) is 3.14. The van der Waals surface area contributed by atoms with Gasteiger partial charge in [0, 0.05) is 18.6 Å². The Hall–Kier alpha value is -2.04. The van der Waals surface area contributed by atoms with Gasteiger partial charge in [-0.3, -0.25) is 4.79 Å². The lowest BCUT2D eigenvalue weighted by Gasteiger charge is -2.23. The molecular formula is C16H20N2O3. The molecule has 0 aromatic heterocycles. The summed E-state index contributed by atoms with van der Waals surface area (Å²) in [5.41, 5.74) is 1.19. The first kappa shape index (κ1) is 13.9. The molecule has 2 bridgehead atoms. The van der Waals surface area contributed by atoms with Crippen LogP contribution in [0.1, 0.15) is 24.8 Å². The molecular weight excluding hydrogens is 268 g/mol. The molecule has 2 aliphatic heterocycles. The number of hydrogen-bond acceptors (Lipinski definition) is 2. The van der Waals surface area contributed by atoms with Gasteiger partial charge in [-0.2, -0.15) is 0 Å². The lowest BCUT2D eigenvalue weighted by atomic mass is 9.89. The fraction of sp³-hybridized carbons (Fsp3) is 0.500. The molecule has 1 aromatic carbocycles. The van der Waals surface area contributed by atoms with E-state index in [9.17, 15) is 14.7 Å². The number of carboxylic acid groups (broad SMARTS) is 1. The quantitative estimate of drug-likeness (QED) is 0.888. The van der Waals surface area contributed by atoms with Crippen LogP contribution in [0.5, 0.6) is 0 Å². The summed E-state index contributed by atoms with van der Waals surface area (Å²) in [6, 6.07) is 9.87. The molecule has 2 amide bonds. The van der Waals surface area contributed by atoms with Gasteiger partial charge in [-0.15, -0.1) is 0 Å². The van der Waals surface area contributed by atoms with E-state index in [1.165, 1.54) is 5.56 Å². The predicted octanol–water partition coefficient (Wildman–Crippen LogP) is 1.88. The van der Waals surface area contributed by atoms with E-state index < -0.39 is 5.97 Å². The van der Waals surface area contributed by atoms with Gasteiger partial charge in [0.05, 0.1) is 5.92 Å². The number of nitrogens with one attached hydrogen (secondary N) is 1. The van der Waals surface area contributed by atoms with Crippen LogP contribution in [0.4, 0.5) is 4.79 Å². The number of fused-ring (bicyclic) bond motifs is 2. The molecule has 0 aliphatic carbocycles. The van der Waals surface area contributed by atoms with Crippen molar-refractivity contribution in [2.24, 2.45) is 5.92 Å². The summed E-state index contributed by atoms with van der Waals surface area (Å²) in [6.45, 7) is 0.580. The maximum absolute atomic E-state index is 12.3. The molecule has 3 rings (SSSR count). The molecule has 0 spiro atoms. The first-order valence-corrected chi connectivity index (χ1v) is 7.49. The number of hydrogen-bond donors (Lipinski definition) is 2. The fourth-order valence-electron chi connectivity index (χ4n) is 3.62. The summed E-state index contributed by atoms with van der Waals surface area (Å²) in [5, 5.41) is 12.1. The standard InChI is InChI=1S/C16H20N2O3/c19-15(20)13-10-12-6-7-14(13)18(12)16(21)17-9-8-11-4-2-1-3-5-11/h1-5,12-14H,6-10H2,(H,17,21)(H,19,20). The van der Waals surface area contributed by atoms with Gasteiger partial charge in [0.2, 0.25) is 0 Å². The van der Waals surface area contributed by atoms with Gasteiger partial charge < -0.3 is 15.3 Å². The Balaban J connectivity index is 1.53. The molecule has 5 heteroatoms. The summed E-state index contributed by atoms with van der Waals surface area (Å²) in [5.74, 6) is -1.16. The zero-order valence-electron chi connectivity index (χ0n) is 11.9. The maximum Gasteiger partial charge on any atom is 0.317 e. The molecule has 112 valence electrons. The monoisotopic (exact) mass is 288 g/mol. The van der Waals surface area contributed by atoms with Crippen LogP contribution in [0.2, 0.25) is 0 Å². The van der Waals surface area contributed by atoms with Crippen molar-refractivity contribution in [3.05, 3.63) is 35.9 Å². The van der Waals surface area contributed by atoms with Crippen LogP contribution in [-0.2, 0) is 11.2 Å². The number of carboxylic acids is 1. The van der Waals surface area contributed by atoms with E-state index in [0.29, 0.717) is 13.0 Å². The maximum atomic E-state index is 12.3. The van der Waals surface area contributed by atoms with Crippen molar-refractivity contribution in [3.63, 3.8) is 0 Å². The second kappa shape index (κ2) is 5.76. The first-order valence-electron chi connectivity index (χ1n) is 7.49. The Morgan fingerprint density at radius 2 is 2.00 bits per heavy atom. The fourth-order valence-corrected chi connectivity index (χ4v) is 3.62. The van der Waals surface area contributed by atoms with Gasteiger partial charge in [0.15, 0.2) is 0 Å². The van der Waals surface area contributed by atoms with Crippen molar-refractivity contribution in [2.75, 3.05) is 6.54 Å². The van der Waals surface area contributed by atoms with Crippen molar-refractivity contribution in [1.82, 2.24) is 10.2 Å². The van der Waals surface area contributed by atoms with Gasteiger partial charge in [-0.25, -0.2) is 4.79 Å². The van der Waals surface area contributed by atoms with Crippen LogP contribution in [0, 0.1) is 5.92 Å². The number of aliphatic carboxylic acids is 1. The molecule has 2 aliphatic rings. The number of carbonyl (C=O) groups excluding carboxylic acids is 1. The minimum absolute atomic E-state index is 0.104. The van der Waals surface area contributed by atoms with Crippen molar-refractivity contribution in [1.29, 1.82) is 0 Å². The van der Waals surface area contributed by atoms with Crippen molar-refractivity contribution in [2.45, 2.75) is 37.8 Å². The van der Waals surface area contributed by atoms with Crippen molar-refractivity contribution >= 4 is 12.0 Å². The highest BCUT2D eigenvalue weighted by Crippen LogP contribution is 2.41. The van der Waals surface area contributed by atoms with E-state index in [1.54, 1.807) is 4.90 Å². The van der Waals surface area contributed by atoms with Crippen LogP contribution in [0.3, 0.4) is 0 Å². The normalized spacial score (nSPS) is 26.9. The highest BCUT2D eigenvalue weighted by atomic mass is 16.4. The Morgan fingerprint density at radius 1 is 1.24 bits per heavy atom. The molecule has 1 aromatic rings. The van der Waals surface area contributed by atoms with E-state index in [1.807, 2.05) is 30.3 Å². The number of rotatable bonds is 4. The Bertz CT molecular complexity index is 532. The molecule has 3 unspecified atom stereocenters. The molecule has 0 saturated carbocycles. The molecule has 0 radical (unpaired) electrons. The third kappa shape index (κ3) is 2.73. The van der Waals surface area contributed by atoms with Gasteiger partial charge >= 0.3 is 12.0 Å². The smallest absolute Gasteiger partial charge is 0.317 e. The van der Waals surface area contributed by atoms with Crippen LogP contribution in [0.15, 0.2) is 30.3 Å². The topological polar surface area (TPSA) is 69.6 Å². The van der Waals surface area contributed by atoms with E-state index in [4.69, 9.17) is 0 Å². The number of urea groups is 1. The third-order valence-electron chi connectivity index (χ3n) is 4.62. The molecule has 2 fully saturated rings. The van der Waals surface area contributed by atoms with Crippen LogP contribution < -0.4 is 5.32 Å². The minimum Gasteiger partial charge on any atom is -0.481 e. The van der Waals surface area contributed by atoms with Gasteiger partial charge in [-0.05, 0) is 31.2 Å². The van der Waals surface area contributed by atoms with E-state index >= 15 is 0 Å². The second-order valence-electron chi connectivity index (χ2n) is 5.85. The SMILES string of the molecule is O=C(O)C1CC2CCC1N2C(=O)NCCc1ccccc1. The lowest BCUT2D eigenvalue weighted by Crippen LogP contribution is -2.44. The Kier molecular flexibility index (Phi) is 3.82. The average Bonchev–Trinajstić information content (AvgIpc) is 3.06. The van der Waals surface area contributed by atoms with Crippen molar-refractivity contribution in [3.8, 4) is 0 Å². The molecule has 21 heavy (non-hydrogen) atoms. The lowest BCUT2D eigenvalue weighted by molar-refractivity contribution is -0.142. The van der Waals surface area contributed by atoms with Crippen LogP contribution >= 0.6 is 0 Å². The molecule has 2 N–H and O–H groups in total. The third-order valence-corrected chi connectivity index (χ3v) is 4.62. The number of benzene rings is 1. The van der Waals surface area contributed by atoms with Crippen molar-refractivity contribution < 1.29 is 14.7 Å². The highest BCUT2D eigenvalue weighted by Gasteiger charge is 2.51. The largest absolute Gasteiger partial charge is 0.481 e. The number of nitrogens with zero attached hydrogens (tertiary/aromatic N) is 1. The predicted molar refractivity (Wildman–Crippen MR) is 77.9 cm³/mol. The summed E-state index contributed by atoms with van der Waals surface area (Å²) in [4.78, 5) is 25.3. The highest BCUT2D eigenvalue weighted by molar-refractivity contribution is 5.79. The number of amides is 2. The summed E-state index contributed by atoms with van der Waals surface area (Å²) in [7, 11) is 0. The van der Waals surface area contributed by atoms with Gasteiger partial charge in [0.25, 0.3) is 0 Å². The average molecular weight is 288 g/mol. The van der Waals surface area contributed by atoms with E-state index in [-0.39, 0.29) is 24.0 Å². The van der Waals surface area contributed by atoms with E-state index in [0.717, 1.165) is 19.3 Å². The summed E-state index contributed by atoms with van der Waals surface area (Å²) < 4.78 is 0. The zero-order chi connectivity index (χ0) is 14.8. The first-order chi connectivity index (χ1) is 10.2. The Labute approximate surface area is 123 Å². The molecule has 3 atom stereocenters. The molecule has 2 saturated heterocycles. The second-order valence-corrected chi connectivity index (χ2v) is 5.85. The Morgan fingerprint density at radius 3 is 2.67 bits per heavy atom.